The Balaban J connectivity index is 2.32. The summed E-state index contributed by atoms with van der Waals surface area (Å²) in [5.74, 6) is -1.20. The molecule has 1 aliphatic heterocycles. The molecule has 1 aromatic carbocycles. The summed E-state index contributed by atoms with van der Waals surface area (Å²) in [5.41, 5.74) is -0.103. The number of sulfonamides is 1. The molecule has 2 N–H and O–H groups in total. The maximum atomic E-state index is 12.4. The smallest absolute Gasteiger partial charge is 0.335 e. The standard InChI is InChI=1S/C12H15NO6S/c1-19-11-7-13(6-10(11)14)20(17,18)9-4-2-3-8(5-9)12(15)16/h2-5,10-11,14H,6-7H2,1H3,(H,15,16)/t10-,11-/m0/s1. The van der Waals surface area contributed by atoms with Gasteiger partial charge in [0.15, 0.2) is 0 Å². The monoisotopic (exact) mass is 301 g/mol. The summed E-state index contributed by atoms with van der Waals surface area (Å²) in [6.45, 7) is -0.0323. The lowest BCUT2D eigenvalue weighted by Gasteiger charge is -2.16. The minimum absolute atomic E-state index is 0.0390. The summed E-state index contributed by atoms with van der Waals surface area (Å²) in [5, 5.41) is 18.6. The van der Waals surface area contributed by atoms with Crippen molar-refractivity contribution in [1.82, 2.24) is 4.31 Å². The predicted molar refractivity (Wildman–Crippen MR) is 69.0 cm³/mol. The number of aromatic carboxylic acids is 1. The molecule has 110 valence electrons. The van der Waals surface area contributed by atoms with E-state index in [1.807, 2.05) is 0 Å². The highest BCUT2D eigenvalue weighted by Crippen LogP contribution is 2.23. The first-order valence-corrected chi connectivity index (χ1v) is 7.34. The van der Waals surface area contributed by atoms with Gasteiger partial charge in [0.25, 0.3) is 0 Å². The molecule has 1 aliphatic rings. The highest BCUT2D eigenvalue weighted by atomic mass is 32.2. The SMILES string of the molecule is CO[C@H]1CN(S(=O)(=O)c2cccc(C(=O)O)c2)C[C@@H]1O. The molecule has 8 heteroatoms. The zero-order valence-corrected chi connectivity index (χ0v) is 11.6. The van der Waals surface area contributed by atoms with Crippen molar-refractivity contribution < 1.29 is 28.2 Å². The third kappa shape index (κ3) is 2.68. The van der Waals surface area contributed by atoms with Gasteiger partial charge in [0.2, 0.25) is 10.0 Å². The molecular weight excluding hydrogens is 286 g/mol. The summed E-state index contributed by atoms with van der Waals surface area (Å²) < 4.78 is 30.9. The van der Waals surface area contributed by atoms with E-state index in [-0.39, 0.29) is 23.5 Å². The average molecular weight is 301 g/mol. The number of aliphatic hydroxyl groups is 1. The molecule has 1 fully saturated rings. The van der Waals surface area contributed by atoms with Gasteiger partial charge in [0.05, 0.1) is 22.7 Å². The highest BCUT2D eigenvalue weighted by molar-refractivity contribution is 7.89. The van der Waals surface area contributed by atoms with Crippen LogP contribution in [-0.2, 0) is 14.8 Å². The van der Waals surface area contributed by atoms with Crippen LogP contribution >= 0.6 is 0 Å². The number of carbonyl (C=O) groups is 1. The average Bonchev–Trinajstić information content (AvgIpc) is 2.81. The minimum atomic E-state index is -3.84. The Hall–Kier alpha value is -1.48. The second-order valence-corrected chi connectivity index (χ2v) is 6.43. The summed E-state index contributed by atoms with van der Waals surface area (Å²) >= 11 is 0. The number of benzene rings is 1. The molecule has 0 bridgehead atoms. The van der Waals surface area contributed by atoms with E-state index in [0.29, 0.717) is 0 Å². The number of rotatable bonds is 4. The summed E-state index contributed by atoms with van der Waals surface area (Å²) in [4.78, 5) is 10.8. The van der Waals surface area contributed by atoms with Crippen LogP contribution in [-0.4, -0.2) is 61.3 Å². The molecule has 2 atom stereocenters. The number of hydrogen-bond acceptors (Lipinski definition) is 5. The Morgan fingerprint density at radius 2 is 2.10 bits per heavy atom. The molecule has 1 saturated heterocycles. The van der Waals surface area contributed by atoms with Crippen molar-refractivity contribution in [3.8, 4) is 0 Å². The molecule has 2 rings (SSSR count). The van der Waals surface area contributed by atoms with Crippen molar-refractivity contribution in [2.75, 3.05) is 20.2 Å². The van der Waals surface area contributed by atoms with Gasteiger partial charge in [0.1, 0.15) is 0 Å². The fraction of sp³-hybridized carbons (Fsp3) is 0.417. The molecular formula is C12H15NO6S. The number of aliphatic hydroxyl groups excluding tert-OH is 1. The number of methoxy groups -OCH3 is 1. The van der Waals surface area contributed by atoms with Gasteiger partial charge < -0.3 is 14.9 Å². The van der Waals surface area contributed by atoms with Gasteiger partial charge in [-0.05, 0) is 18.2 Å². The number of nitrogens with zero attached hydrogens (tertiary/aromatic N) is 1. The maximum Gasteiger partial charge on any atom is 0.335 e. The predicted octanol–water partition coefficient (Wildman–Crippen LogP) is -0.235. The normalized spacial score (nSPS) is 23.9. The molecule has 0 aliphatic carbocycles. The summed E-state index contributed by atoms with van der Waals surface area (Å²) in [6, 6.07) is 5.12. The molecule has 0 unspecified atom stereocenters. The van der Waals surface area contributed by atoms with Crippen molar-refractivity contribution in [1.29, 1.82) is 0 Å². The van der Waals surface area contributed by atoms with Gasteiger partial charge in [0, 0.05) is 20.2 Å². The first-order valence-electron chi connectivity index (χ1n) is 5.90. The number of ether oxygens (including phenoxy) is 1. The minimum Gasteiger partial charge on any atom is -0.478 e. The second kappa shape index (κ2) is 5.49. The fourth-order valence-corrected chi connectivity index (χ4v) is 3.61. The van der Waals surface area contributed by atoms with Crippen LogP contribution in [0.2, 0.25) is 0 Å². The van der Waals surface area contributed by atoms with Crippen molar-refractivity contribution in [3.63, 3.8) is 0 Å². The molecule has 1 heterocycles. The number of carboxylic acid groups (broad SMARTS) is 1. The number of hydrogen-bond donors (Lipinski definition) is 2. The van der Waals surface area contributed by atoms with Crippen LogP contribution in [0.15, 0.2) is 29.2 Å². The topological polar surface area (TPSA) is 104 Å². The number of carboxylic acids is 1. The largest absolute Gasteiger partial charge is 0.478 e. The van der Waals surface area contributed by atoms with E-state index in [2.05, 4.69) is 0 Å². The second-order valence-electron chi connectivity index (χ2n) is 4.50. The van der Waals surface area contributed by atoms with Crippen molar-refractivity contribution in [2.24, 2.45) is 0 Å². The lowest BCUT2D eigenvalue weighted by atomic mass is 10.2. The van der Waals surface area contributed by atoms with Crippen molar-refractivity contribution >= 4 is 16.0 Å². The first kappa shape index (κ1) is 14.9. The van der Waals surface area contributed by atoms with Gasteiger partial charge in [-0.25, -0.2) is 13.2 Å². The van der Waals surface area contributed by atoms with Gasteiger partial charge in [-0.15, -0.1) is 0 Å². The van der Waals surface area contributed by atoms with E-state index < -0.39 is 28.2 Å². The molecule has 0 spiro atoms. The van der Waals surface area contributed by atoms with Gasteiger partial charge in [-0.1, -0.05) is 6.07 Å². The highest BCUT2D eigenvalue weighted by Gasteiger charge is 2.38. The number of β-amino-alcohol motifs (C(OH)–C–C–N with tert-alkyl or cyclic N) is 1. The third-order valence-corrected chi connectivity index (χ3v) is 5.05. The summed E-state index contributed by atoms with van der Waals surface area (Å²) in [7, 11) is -2.44. The van der Waals surface area contributed by atoms with E-state index in [1.165, 1.54) is 25.3 Å². The molecule has 0 aromatic heterocycles. The van der Waals surface area contributed by atoms with E-state index >= 15 is 0 Å². The first-order chi connectivity index (χ1) is 9.36. The Kier molecular flexibility index (Phi) is 4.09. The molecule has 0 amide bonds. The molecule has 0 saturated carbocycles. The van der Waals surface area contributed by atoms with Crippen LogP contribution in [0.25, 0.3) is 0 Å². The molecule has 7 nitrogen and oxygen atoms in total. The lowest BCUT2D eigenvalue weighted by Crippen LogP contribution is -2.30. The third-order valence-electron chi connectivity index (χ3n) is 3.22. The Morgan fingerprint density at radius 1 is 1.40 bits per heavy atom. The summed E-state index contributed by atoms with van der Waals surface area (Å²) in [6.07, 6.45) is -1.47. The van der Waals surface area contributed by atoms with Crippen LogP contribution < -0.4 is 0 Å². The van der Waals surface area contributed by atoms with Crippen LogP contribution in [0, 0.1) is 0 Å². The molecule has 0 radical (unpaired) electrons. The molecule has 20 heavy (non-hydrogen) atoms. The molecule has 1 aromatic rings. The zero-order chi connectivity index (χ0) is 14.9. The zero-order valence-electron chi connectivity index (χ0n) is 10.8. The lowest BCUT2D eigenvalue weighted by molar-refractivity contribution is 0.0216. The van der Waals surface area contributed by atoms with Crippen molar-refractivity contribution in [3.05, 3.63) is 29.8 Å². The fourth-order valence-electron chi connectivity index (χ4n) is 2.09. The van der Waals surface area contributed by atoms with E-state index in [4.69, 9.17) is 9.84 Å². The van der Waals surface area contributed by atoms with Crippen LogP contribution in [0.5, 0.6) is 0 Å². The quantitative estimate of drug-likeness (QED) is 0.796. The maximum absolute atomic E-state index is 12.4. The van der Waals surface area contributed by atoms with Crippen LogP contribution in [0.3, 0.4) is 0 Å². The van der Waals surface area contributed by atoms with E-state index in [9.17, 15) is 18.3 Å². The van der Waals surface area contributed by atoms with Gasteiger partial charge >= 0.3 is 5.97 Å². The van der Waals surface area contributed by atoms with Crippen LogP contribution in [0.4, 0.5) is 0 Å². The Labute approximate surface area is 116 Å². The van der Waals surface area contributed by atoms with Gasteiger partial charge in [-0.2, -0.15) is 4.31 Å². The Morgan fingerprint density at radius 3 is 2.65 bits per heavy atom. The van der Waals surface area contributed by atoms with Crippen LogP contribution in [0.1, 0.15) is 10.4 Å². The Bertz CT molecular complexity index is 614. The van der Waals surface area contributed by atoms with Gasteiger partial charge in [-0.3, -0.25) is 0 Å². The van der Waals surface area contributed by atoms with Crippen molar-refractivity contribution in [2.45, 2.75) is 17.1 Å². The van der Waals surface area contributed by atoms with E-state index in [0.717, 1.165) is 10.4 Å². The van der Waals surface area contributed by atoms with E-state index in [1.54, 1.807) is 0 Å².